The van der Waals surface area contributed by atoms with E-state index in [9.17, 15) is 4.79 Å². The summed E-state index contributed by atoms with van der Waals surface area (Å²) in [6.07, 6.45) is 3.29. The van der Waals surface area contributed by atoms with Gasteiger partial charge < -0.3 is 9.47 Å². The van der Waals surface area contributed by atoms with Crippen molar-refractivity contribution in [3.05, 3.63) is 12.2 Å². The summed E-state index contributed by atoms with van der Waals surface area (Å²) in [5.41, 5.74) is -0.386. The first-order chi connectivity index (χ1) is 5.04. The predicted octanol–water partition coefficient (Wildman–Crippen LogP) is 0.647. The first-order valence-electron chi connectivity index (χ1n) is 3.62. The molecule has 0 saturated carbocycles. The molecule has 1 fully saturated rings. The summed E-state index contributed by atoms with van der Waals surface area (Å²) < 4.78 is 10.7. The molecule has 2 aliphatic heterocycles. The Labute approximate surface area is 65.0 Å². The average Bonchev–Trinajstić information content (AvgIpc) is 2.20. The summed E-state index contributed by atoms with van der Waals surface area (Å²) in [5.74, 6) is -1.11. The van der Waals surface area contributed by atoms with Gasteiger partial charge in [0.2, 0.25) is 11.6 Å². The second-order valence-corrected chi connectivity index (χ2v) is 3.35. The van der Waals surface area contributed by atoms with Crippen LogP contribution in [0.25, 0.3) is 0 Å². The van der Waals surface area contributed by atoms with Gasteiger partial charge in [-0.15, -0.1) is 0 Å². The van der Waals surface area contributed by atoms with Crippen LogP contribution in [0.5, 0.6) is 0 Å². The molecule has 2 heterocycles. The van der Waals surface area contributed by atoms with Crippen molar-refractivity contribution in [1.82, 2.24) is 0 Å². The van der Waals surface area contributed by atoms with Gasteiger partial charge in [-0.2, -0.15) is 0 Å². The highest BCUT2D eigenvalue weighted by Crippen LogP contribution is 2.36. The molecule has 0 N–H and O–H groups in total. The summed E-state index contributed by atoms with van der Waals surface area (Å²) >= 11 is 0. The molecule has 0 radical (unpaired) electrons. The molecule has 60 valence electrons. The molecular formula is C8H10O3. The lowest BCUT2D eigenvalue weighted by Gasteiger charge is -2.27. The fraction of sp³-hybridized carbons (Fsp3) is 0.625. The molecule has 3 heteroatoms. The van der Waals surface area contributed by atoms with Crippen molar-refractivity contribution in [2.75, 3.05) is 6.61 Å². The zero-order valence-corrected chi connectivity index (χ0v) is 6.59. The Morgan fingerprint density at radius 3 is 2.91 bits per heavy atom. The maximum absolute atomic E-state index is 11.2. The quantitative estimate of drug-likeness (QED) is 0.513. The van der Waals surface area contributed by atoms with Gasteiger partial charge >= 0.3 is 0 Å². The number of hydrogen-bond acceptors (Lipinski definition) is 3. The van der Waals surface area contributed by atoms with E-state index in [-0.39, 0.29) is 11.4 Å². The van der Waals surface area contributed by atoms with E-state index < -0.39 is 5.79 Å². The Kier molecular flexibility index (Phi) is 1.10. The van der Waals surface area contributed by atoms with Crippen LogP contribution in [0.4, 0.5) is 0 Å². The number of ether oxygens (including phenoxy) is 2. The standard InChI is InChI=1S/C8H10O3/c1-7-4-3-6(9)8(2,11-7)10-5-7/h3-4H,5H2,1-2H3. The molecule has 0 spiro atoms. The van der Waals surface area contributed by atoms with E-state index >= 15 is 0 Å². The number of fused-ring (bicyclic) bond motifs is 2. The second-order valence-electron chi connectivity index (χ2n) is 3.35. The van der Waals surface area contributed by atoms with Gasteiger partial charge in [-0.05, 0) is 26.0 Å². The zero-order valence-electron chi connectivity index (χ0n) is 6.59. The van der Waals surface area contributed by atoms with Crippen molar-refractivity contribution >= 4 is 5.78 Å². The third-order valence-electron chi connectivity index (χ3n) is 2.10. The van der Waals surface area contributed by atoms with Crippen molar-refractivity contribution < 1.29 is 14.3 Å². The molecule has 0 aliphatic carbocycles. The van der Waals surface area contributed by atoms with Crippen molar-refractivity contribution in [2.24, 2.45) is 0 Å². The van der Waals surface area contributed by atoms with Gasteiger partial charge in [0.1, 0.15) is 5.60 Å². The topological polar surface area (TPSA) is 35.5 Å². The molecule has 2 atom stereocenters. The fourth-order valence-electron chi connectivity index (χ4n) is 1.39. The molecule has 11 heavy (non-hydrogen) atoms. The van der Waals surface area contributed by atoms with Crippen LogP contribution in [-0.4, -0.2) is 23.8 Å². The van der Waals surface area contributed by atoms with E-state index in [0.717, 1.165) is 0 Å². The highest BCUT2D eigenvalue weighted by Gasteiger charge is 2.50. The maximum Gasteiger partial charge on any atom is 0.231 e. The van der Waals surface area contributed by atoms with Gasteiger partial charge in [0.05, 0.1) is 6.61 Å². The van der Waals surface area contributed by atoms with E-state index in [4.69, 9.17) is 9.47 Å². The monoisotopic (exact) mass is 154 g/mol. The molecular weight excluding hydrogens is 144 g/mol. The molecule has 2 unspecified atom stereocenters. The molecule has 2 aliphatic rings. The van der Waals surface area contributed by atoms with Gasteiger partial charge in [0.15, 0.2) is 0 Å². The van der Waals surface area contributed by atoms with Crippen molar-refractivity contribution in [3.8, 4) is 0 Å². The minimum absolute atomic E-state index is 0.104. The van der Waals surface area contributed by atoms with Gasteiger partial charge in [-0.1, -0.05) is 0 Å². The van der Waals surface area contributed by atoms with Gasteiger partial charge in [0.25, 0.3) is 0 Å². The van der Waals surface area contributed by atoms with E-state index in [0.29, 0.717) is 6.61 Å². The summed E-state index contributed by atoms with van der Waals surface area (Å²) in [6, 6.07) is 0. The van der Waals surface area contributed by atoms with Crippen LogP contribution in [0.3, 0.4) is 0 Å². The Morgan fingerprint density at radius 1 is 1.55 bits per heavy atom. The van der Waals surface area contributed by atoms with Crippen LogP contribution in [-0.2, 0) is 14.3 Å². The predicted molar refractivity (Wildman–Crippen MR) is 38.0 cm³/mol. The summed E-state index contributed by atoms with van der Waals surface area (Å²) in [4.78, 5) is 11.2. The van der Waals surface area contributed by atoms with Crippen LogP contribution in [0.2, 0.25) is 0 Å². The number of carbonyl (C=O) groups is 1. The first-order valence-corrected chi connectivity index (χ1v) is 3.62. The number of rotatable bonds is 0. The number of carbonyl (C=O) groups excluding carboxylic acids is 1. The highest BCUT2D eigenvalue weighted by molar-refractivity contribution is 5.96. The van der Waals surface area contributed by atoms with Gasteiger partial charge in [-0.25, -0.2) is 0 Å². The lowest BCUT2D eigenvalue weighted by atomic mass is 10.0. The summed E-state index contributed by atoms with van der Waals surface area (Å²) in [5, 5.41) is 0. The van der Waals surface area contributed by atoms with Crippen LogP contribution >= 0.6 is 0 Å². The van der Waals surface area contributed by atoms with Crippen molar-refractivity contribution in [3.63, 3.8) is 0 Å². The Balaban J connectivity index is 2.43. The Hall–Kier alpha value is -0.670. The van der Waals surface area contributed by atoms with E-state index in [1.807, 2.05) is 6.92 Å². The lowest BCUT2D eigenvalue weighted by Crippen LogP contribution is -2.41. The van der Waals surface area contributed by atoms with E-state index in [1.54, 1.807) is 13.0 Å². The minimum atomic E-state index is -1.01. The fourth-order valence-corrected chi connectivity index (χ4v) is 1.39. The van der Waals surface area contributed by atoms with Gasteiger partial charge in [0, 0.05) is 0 Å². The average molecular weight is 154 g/mol. The lowest BCUT2D eigenvalue weighted by molar-refractivity contribution is -0.180. The molecule has 0 aromatic rings. The zero-order chi connectivity index (χ0) is 8.11. The molecule has 1 saturated heterocycles. The molecule has 3 nitrogen and oxygen atoms in total. The second kappa shape index (κ2) is 1.73. The van der Waals surface area contributed by atoms with Crippen LogP contribution in [0, 0.1) is 0 Å². The largest absolute Gasteiger partial charge is 0.340 e. The van der Waals surface area contributed by atoms with Crippen molar-refractivity contribution in [2.45, 2.75) is 25.2 Å². The summed E-state index contributed by atoms with van der Waals surface area (Å²) in [7, 11) is 0. The summed E-state index contributed by atoms with van der Waals surface area (Å²) in [6.45, 7) is 4.02. The number of ketones is 1. The SMILES string of the molecule is CC12C=CC(=O)C(C)(OC1)O2. The van der Waals surface area contributed by atoms with Crippen LogP contribution in [0.15, 0.2) is 12.2 Å². The minimum Gasteiger partial charge on any atom is -0.340 e. The molecule has 0 aromatic carbocycles. The van der Waals surface area contributed by atoms with Gasteiger partial charge in [-0.3, -0.25) is 4.79 Å². The molecule has 0 amide bonds. The van der Waals surface area contributed by atoms with Crippen LogP contribution < -0.4 is 0 Å². The molecule has 0 aromatic heterocycles. The van der Waals surface area contributed by atoms with E-state index in [1.165, 1.54) is 6.08 Å². The van der Waals surface area contributed by atoms with E-state index in [2.05, 4.69) is 0 Å². The number of hydrogen-bond donors (Lipinski definition) is 0. The highest BCUT2D eigenvalue weighted by atomic mass is 16.8. The maximum atomic E-state index is 11.2. The molecule has 2 bridgehead atoms. The first kappa shape index (κ1) is 7.00. The smallest absolute Gasteiger partial charge is 0.231 e. The molecule has 2 rings (SSSR count). The third kappa shape index (κ3) is 0.847. The Bertz CT molecular complexity index is 246. The normalized spacial score (nSPS) is 48.4. The Morgan fingerprint density at radius 2 is 2.27 bits per heavy atom. The third-order valence-corrected chi connectivity index (χ3v) is 2.10. The van der Waals surface area contributed by atoms with Crippen LogP contribution in [0.1, 0.15) is 13.8 Å². The van der Waals surface area contributed by atoms with Crippen molar-refractivity contribution in [1.29, 1.82) is 0 Å².